The van der Waals surface area contributed by atoms with Crippen LogP contribution in [0, 0.1) is 5.92 Å². The predicted molar refractivity (Wildman–Crippen MR) is 54.2 cm³/mol. The highest BCUT2D eigenvalue weighted by atomic mass is 16.6. The van der Waals surface area contributed by atoms with Crippen LogP contribution in [0.5, 0.6) is 0 Å². The molecule has 0 unspecified atom stereocenters. The zero-order valence-corrected chi connectivity index (χ0v) is 9.12. The van der Waals surface area contributed by atoms with Crippen molar-refractivity contribution in [3.63, 3.8) is 0 Å². The highest BCUT2D eigenvalue weighted by molar-refractivity contribution is 5.71. The molecule has 0 spiro atoms. The van der Waals surface area contributed by atoms with Gasteiger partial charge in [-0.15, -0.1) is 0 Å². The third kappa shape index (κ3) is 7.75. The Labute approximate surface area is 89.1 Å². The normalized spacial score (nSPS) is 9.87. The molecule has 0 aromatic rings. The summed E-state index contributed by atoms with van der Waals surface area (Å²) in [5.74, 6) is -0.475. The van der Waals surface area contributed by atoms with Crippen LogP contribution in [0.25, 0.3) is 0 Å². The Bertz CT molecular complexity index is 206. The summed E-state index contributed by atoms with van der Waals surface area (Å²) >= 11 is 0. The van der Waals surface area contributed by atoms with Crippen LogP contribution in [-0.4, -0.2) is 38.4 Å². The van der Waals surface area contributed by atoms with Gasteiger partial charge in [0, 0.05) is 13.1 Å². The van der Waals surface area contributed by atoms with Crippen LogP contribution < -0.4 is 11.1 Å². The van der Waals surface area contributed by atoms with Crippen molar-refractivity contribution in [2.24, 2.45) is 11.7 Å². The molecule has 15 heavy (non-hydrogen) atoms. The number of hydrogen-bond acceptors (Lipinski definition) is 5. The van der Waals surface area contributed by atoms with Gasteiger partial charge in [-0.2, -0.15) is 0 Å². The standard InChI is InChI=1S/C9H18N2O4/c1-7(2)8(12)14-5-6-15-9(13)11-4-3-10/h7H,3-6,10H2,1-2H3,(H,11,13). The van der Waals surface area contributed by atoms with E-state index in [9.17, 15) is 9.59 Å². The lowest BCUT2D eigenvalue weighted by Gasteiger charge is -2.08. The number of carbonyl (C=O) groups excluding carboxylic acids is 2. The average Bonchev–Trinajstić information content (AvgIpc) is 2.20. The van der Waals surface area contributed by atoms with Crippen molar-refractivity contribution in [2.75, 3.05) is 26.3 Å². The molecule has 0 aliphatic heterocycles. The van der Waals surface area contributed by atoms with Gasteiger partial charge in [-0.1, -0.05) is 13.8 Å². The third-order valence-electron chi connectivity index (χ3n) is 1.45. The van der Waals surface area contributed by atoms with Crippen molar-refractivity contribution >= 4 is 12.1 Å². The number of carbonyl (C=O) groups is 2. The largest absolute Gasteiger partial charge is 0.462 e. The van der Waals surface area contributed by atoms with Crippen molar-refractivity contribution in [2.45, 2.75) is 13.8 Å². The van der Waals surface area contributed by atoms with E-state index >= 15 is 0 Å². The zero-order chi connectivity index (χ0) is 11.7. The molecule has 0 aromatic heterocycles. The molecule has 6 nitrogen and oxygen atoms in total. The molecule has 0 saturated carbocycles. The Morgan fingerprint density at radius 1 is 1.27 bits per heavy atom. The quantitative estimate of drug-likeness (QED) is 0.478. The SMILES string of the molecule is CC(C)C(=O)OCCOC(=O)NCCN. The van der Waals surface area contributed by atoms with Gasteiger partial charge in [0.05, 0.1) is 5.92 Å². The Morgan fingerprint density at radius 2 is 1.87 bits per heavy atom. The van der Waals surface area contributed by atoms with Crippen LogP contribution in [0.4, 0.5) is 4.79 Å². The Hall–Kier alpha value is -1.30. The molecular formula is C9H18N2O4. The molecule has 0 rings (SSSR count). The molecule has 6 heteroatoms. The molecule has 0 atom stereocenters. The summed E-state index contributed by atoms with van der Waals surface area (Å²) in [6.45, 7) is 4.32. The van der Waals surface area contributed by atoms with E-state index in [1.807, 2.05) is 0 Å². The summed E-state index contributed by atoms with van der Waals surface area (Å²) in [7, 11) is 0. The first-order chi connectivity index (χ1) is 7.07. The fraction of sp³-hybridized carbons (Fsp3) is 0.778. The van der Waals surface area contributed by atoms with Crippen LogP contribution >= 0.6 is 0 Å². The van der Waals surface area contributed by atoms with Crippen molar-refractivity contribution in [3.8, 4) is 0 Å². The summed E-state index contributed by atoms with van der Waals surface area (Å²) in [6, 6.07) is 0. The number of rotatable bonds is 6. The van der Waals surface area contributed by atoms with Gasteiger partial charge < -0.3 is 20.5 Å². The van der Waals surface area contributed by atoms with Crippen LogP contribution in [0.1, 0.15) is 13.8 Å². The topological polar surface area (TPSA) is 90.6 Å². The fourth-order valence-electron chi connectivity index (χ4n) is 0.669. The number of hydrogen-bond donors (Lipinski definition) is 2. The van der Waals surface area contributed by atoms with E-state index in [1.165, 1.54) is 0 Å². The molecule has 3 N–H and O–H groups in total. The molecule has 0 bridgehead atoms. The number of nitrogens with two attached hydrogens (primary N) is 1. The van der Waals surface area contributed by atoms with Gasteiger partial charge in [-0.05, 0) is 0 Å². The summed E-state index contributed by atoms with van der Waals surface area (Å²) in [4.78, 5) is 21.8. The van der Waals surface area contributed by atoms with Gasteiger partial charge in [-0.25, -0.2) is 4.79 Å². The van der Waals surface area contributed by atoms with Gasteiger partial charge in [0.1, 0.15) is 13.2 Å². The third-order valence-corrected chi connectivity index (χ3v) is 1.45. The second kappa shape index (κ2) is 8.05. The Morgan fingerprint density at radius 3 is 2.40 bits per heavy atom. The van der Waals surface area contributed by atoms with E-state index in [1.54, 1.807) is 13.8 Å². The summed E-state index contributed by atoms with van der Waals surface area (Å²) < 4.78 is 9.48. The zero-order valence-electron chi connectivity index (χ0n) is 9.12. The summed E-state index contributed by atoms with van der Waals surface area (Å²) in [6.07, 6.45) is -0.555. The first kappa shape index (κ1) is 13.7. The Balaban J connectivity index is 3.38. The van der Waals surface area contributed by atoms with Crippen LogP contribution in [0.3, 0.4) is 0 Å². The fourth-order valence-corrected chi connectivity index (χ4v) is 0.669. The van der Waals surface area contributed by atoms with Crippen molar-refractivity contribution in [3.05, 3.63) is 0 Å². The average molecular weight is 218 g/mol. The number of amides is 1. The second-order valence-corrected chi connectivity index (χ2v) is 3.17. The molecule has 88 valence electrons. The van der Waals surface area contributed by atoms with Crippen molar-refractivity contribution in [1.82, 2.24) is 5.32 Å². The van der Waals surface area contributed by atoms with E-state index in [0.29, 0.717) is 13.1 Å². The molecule has 0 heterocycles. The minimum Gasteiger partial charge on any atom is -0.462 e. The number of nitrogens with one attached hydrogen (secondary N) is 1. The monoisotopic (exact) mass is 218 g/mol. The van der Waals surface area contributed by atoms with Crippen LogP contribution in [0.15, 0.2) is 0 Å². The minimum atomic E-state index is -0.555. The second-order valence-electron chi connectivity index (χ2n) is 3.17. The lowest BCUT2D eigenvalue weighted by Crippen LogP contribution is -2.30. The maximum atomic E-state index is 11.0. The van der Waals surface area contributed by atoms with Gasteiger partial charge in [0.15, 0.2) is 0 Å². The predicted octanol–water partition coefficient (Wildman–Crippen LogP) is -0.129. The lowest BCUT2D eigenvalue weighted by atomic mass is 10.2. The molecule has 0 aromatic carbocycles. The molecule has 0 radical (unpaired) electrons. The maximum absolute atomic E-state index is 11.0. The minimum absolute atomic E-state index is 0.0505. The van der Waals surface area contributed by atoms with Gasteiger partial charge >= 0.3 is 12.1 Å². The molecule has 0 fully saturated rings. The first-order valence-corrected chi connectivity index (χ1v) is 4.85. The summed E-state index contributed by atoms with van der Waals surface area (Å²) in [5.41, 5.74) is 5.17. The molecule has 1 amide bonds. The lowest BCUT2D eigenvalue weighted by molar-refractivity contribution is -0.148. The number of alkyl carbamates (subject to hydrolysis) is 1. The molecule has 0 saturated heterocycles. The van der Waals surface area contributed by atoms with Crippen LogP contribution in [-0.2, 0) is 14.3 Å². The molecule has 0 aliphatic carbocycles. The van der Waals surface area contributed by atoms with E-state index < -0.39 is 6.09 Å². The van der Waals surface area contributed by atoms with Crippen LogP contribution in [0.2, 0.25) is 0 Å². The highest BCUT2D eigenvalue weighted by Crippen LogP contribution is 1.95. The molecule has 0 aliphatic rings. The van der Waals surface area contributed by atoms with E-state index in [2.05, 4.69) is 5.32 Å². The first-order valence-electron chi connectivity index (χ1n) is 4.85. The Kier molecular flexibility index (Phi) is 7.35. The van der Waals surface area contributed by atoms with E-state index in [4.69, 9.17) is 15.2 Å². The number of ether oxygens (including phenoxy) is 2. The van der Waals surface area contributed by atoms with Crippen molar-refractivity contribution < 1.29 is 19.1 Å². The van der Waals surface area contributed by atoms with E-state index in [-0.39, 0.29) is 25.1 Å². The van der Waals surface area contributed by atoms with Crippen molar-refractivity contribution in [1.29, 1.82) is 0 Å². The molecular weight excluding hydrogens is 200 g/mol. The number of esters is 1. The van der Waals surface area contributed by atoms with E-state index in [0.717, 1.165) is 0 Å². The maximum Gasteiger partial charge on any atom is 0.407 e. The highest BCUT2D eigenvalue weighted by Gasteiger charge is 2.08. The van der Waals surface area contributed by atoms with Gasteiger partial charge in [-0.3, -0.25) is 4.79 Å². The smallest absolute Gasteiger partial charge is 0.407 e. The van der Waals surface area contributed by atoms with Gasteiger partial charge in [0.2, 0.25) is 0 Å². The summed E-state index contributed by atoms with van der Waals surface area (Å²) in [5, 5.41) is 2.42. The van der Waals surface area contributed by atoms with Gasteiger partial charge in [0.25, 0.3) is 0 Å².